The Kier molecular flexibility index (Phi) is 3.16. The molecule has 14 heavy (non-hydrogen) atoms. The average Bonchev–Trinajstić information content (AvgIpc) is 2.71. The number of ether oxygens (including phenoxy) is 1. The Hall–Kier alpha value is -0.870. The van der Waals surface area contributed by atoms with Crippen molar-refractivity contribution in [1.29, 1.82) is 0 Å². The van der Waals surface area contributed by atoms with Crippen LogP contribution in [0.25, 0.3) is 0 Å². The van der Waals surface area contributed by atoms with Crippen molar-refractivity contribution in [2.75, 3.05) is 26.2 Å². The fourth-order valence-electron chi connectivity index (χ4n) is 1.81. The van der Waals surface area contributed by atoms with Crippen molar-refractivity contribution in [3.63, 3.8) is 0 Å². The first-order valence-corrected chi connectivity index (χ1v) is 5.18. The second kappa shape index (κ2) is 4.57. The Bertz CT molecular complexity index is 260. The first-order chi connectivity index (χ1) is 6.88. The maximum Gasteiger partial charge on any atom is 0.0946 e. The molecule has 1 fully saturated rings. The van der Waals surface area contributed by atoms with Gasteiger partial charge in [0.15, 0.2) is 0 Å². The van der Waals surface area contributed by atoms with Crippen LogP contribution in [-0.2, 0) is 11.3 Å². The van der Waals surface area contributed by atoms with Crippen molar-refractivity contribution in [1.82, 2.24) is 14.5 Å². The predicted molar refractivity (Wildman–Crippen MR) is 54.1 cm³/mol. The molecule has 78 valence electrons. The lowest BCUT2D eigenvalue weighted by molar-refractivity contribution is -0.0343. The van der Waals surface area contributed by atoms with Gasteiger partial charge in [0.25, 0.3) is 0 Å². The van der Waals surface area contributed by atoms with Crippen LogP contribution in [0.3, 0.4) is 0 Å². The van der Waals surface area contributed by atoms with E-state index in [-0.39, 0.29) is 0 Å². The summed E-state index contributed by atoms with van der Waals surface area (Å²) in [5.74, 6) is 0. The van der Waals surface area contributed by atoms with E-state index in [9.17, 15) is 0 Å². The minimum Gasteiger partial charge on any atom is -0.374 e. The molecule has 1 aliphatic rings. The SMILES string of the molecule is CCN1CCO[C@@H](Cn2ccnc2)C1. The van der Waals surface area contributed by atoms with Crippen molar-refractivity contribution < 1.29 is 4.74 Å². The van der Waals surface area contributed by atoms with E-state index in [0.717, 1.165) is 32.8 Å². The highest BCUT2D eigenvalue weighted by atomic mass is 16.5. The molecule has 0 saturated carbocycles. The Labute approximate surface area is 84.5 Å². The third kappa shape index (κ3) is 2.33. The smallest absolute Gasteiger partial charge is 0.0946 e. The molecule has 2 rings (SSSR count). The molecular formula is C10H17N3O. The molecule has 1 aromatic heterocycles. The number of aromatic nitrogens is 2. The first kappa shape index (κ1) is 9.68. The van der Waals surface area contributed by atoms with Gasteiger partial charge in [0.05, 0.1) is 25.6 Å². The highest BCUT2D eigenvalue weighted by Crippen LogP contribution is 2.06. The lowest BCUT2D eigenvalue weighted by atomic mass is 10.2. The number of nitrogens with zero attached hydrogens (tertiary/aromatic N) is 3. The number of hydrogen-bond acceptors (Lipinski definition) is 3. The van der Waals surface area contributed by atoms with Crippen molar-refractivity contribution in [3.8, 4) is 0 Å². The third-order valence-corrected chi connectivity index (χ3v) is 2.64. The van der Waals surface area contributed by atoms with Crippen molar-refractivity contribution in [2.45, 2.75) is 19.6 Å². The highest BCUT2D eigenvalue weighted by molar-refractivity contribution is 4.78. The number of hydrogen-bond donors (Lipinski definition) is 0. The van der Waals surface area contributed by atoms with Gasteiger partial charge in [-0.3, -0.25) is 4.90 Å². The van der Waals surface area contributed by atoms with Crippen LogP contribution in [0.4, 0.5) is 0 Å². The zero-order chi connectivity index (χ0) is 9.80. The molecule has 0 N–H and O–H groups in total. The molecule has 1 atom stereocenters. The number of imidazole rings is 1. The van der Waals surface area contributed by atoms with Crippen LogP contribution in [-0.4, -0.2) is 46.8 Å². The normalized spacial score (nSPS) is 23.9. The maximum absolute atomic E-state index is 5.69. The van der Waals surface area contributed by atoms with E-state index in [1.165, 1.54) is 0 Å². The molecule has 4 heteroatoms. The summed E-state index contributed by atoms with van der Waals surface area (Å²) < 4.78 is 7.77. The van der Waals surface area contributed by atoms with E-state index in [2.05, 4.69) is 21.4 Å². The first-order valence-electron chi connectivity index (χ1n) is 5.18. The minimum absolute atomic E-state index is 0.317. The number of rotatable bonds is 3. The van der Waals surface area contributed by atoms with Crippen LogP contribution in [0.1, 0.15) is 6.92 Å². The Morgan fingerprint density at radius 3 is 3.21 bits per heavy atom. The largest absolute Gasteiger partial charge is 0.374 e. The molecule has 2 heterocycles. The average molecular weight is 195 g/mol. The van der Waals surface area contributed by atoms with Gasteiger partial charge in [-0.15, -0.1) is 0 Å². The summed E-state index contributed by atoms with van der Waals surface area (Å²) in [7, 11) is 0. The van der Waals surface area contributed by atoms with Crippen LogP contribution < -0.4 is 0 Å². The van der Waals surface area contributed by atoms with Crippen LogP contribution >= 0.6 is 0 Å². The van der Waals surface area contributed by atoms with Gasteiger partial charge >= 0.3 is 0 Å². The lowest BCUT2D eigenvalue weighted by Crippen LogP contribution is -2.43. The Morgan fingerprint density at radius 1 is 1.57 bits per heavy atom. The van der Waals surface area contributed by atoms with E-state index >= 15 is 0 Å². The van der Waals surface area contributed by atoms with Gasteiger partial charge in [-0.25, -0.2) is 4.98 Å². The topological polar surface area (TPSA) is 30.3 Å². The summed E-state index contributed by atoms with van der Waals surface area (Å²) in [6.07, 6.45) is 5.95. The van der Waals surface area contributed by atoms with Gasteiger partial charge in [0, 0.05) is 25.5 Å². The second-order valence-corrected chi connectivity index (χ2v) is 3.65. The molecule has 4 nitrogen and oxygen atoms in total. The summed E-state index contributed by atoms with van der Waals surface area (Å²) in [4.78, 5) is 6.44. The minimum atomic E-state index is 0.317. The van der Waals surface area contributed by atoms with Gasteiger partial charge in [0.2, 0.25) is 0 Å². The van der Waals surface area contributed by atoms with Gasteiger partial charge in [-0.05, 0) is 6.54 Å². The van der Waals surface area contributed by atoms with Crippen LogP contribution in [0.15, 0.2) is 18.7 Å². The summed E-state index contributed by atoms with van der Waals surface area (Å²) in [6.45, 7) is 7.18. The molecular weight excluding hydrogens is 178 g/mol. The van der Waals surface area contributed by atoms with Crippen molar-refractivity contribution >= 4 is 0 Å². The highest BCUT2D eigenvalue weighted by Gasteiger charge is 2.19. The third-order valence-electron chi connectivity index (χ3n) is 2.64. The molecule has 0 bridgehead atoms. The van der Waals surface area contributed by atoms with Crippen molar-refractivity contribution in [2.24, 2.45) is 0 Å². The standard InChI is InChI=1S/C10H17N3O/c1-2-12-5-6-14-10(7-12)8-13-4-3-11-9-13/h3-4,9-10H,2,5-8H2,1H3/t10-/m1/s1. The zero-order valence-corrected chi connectivity index (χ0v) is 8.59. The lowest BCUT2D eigenvalue weighted by Gasteiger charge is -2.32. The van der Waals surface area contributed by atoms with Crippen LogP contribution in [0, 0.1) is 0 Å². The van der Waals surface area contributed by atoms with Gasteiger partial charge in [0.1, 0.15) is 0 Å². The van der Waals surface area contributed by atoms with Crippen molar-refractivity contribution in [3.05, 3.63) is 18.7 Å². The fourth-order valence-corrected chi connectivity index (χ4v) is 1.81. The van der Waals surface area contributed by atoms with E-state index in [4.69, 9.17) is 4.74 Å². The quantitative estimate of drug-likeness (QED) is 0.707. The van der Waals surface area contributed by atoms with Crippen LogP contribution in [0.5, 0.6) is 0 Å². The van der Waals surface area contributed by atoms with Gasteiger partial charge < -0.3 is 9.30 Å². The molecule has 0 unspecified atom stereocenters. The Balaban J connectivity index is 1.86. The summed E-state index contributed by atoms with van der Waals surface area (Å²) in [5.41, 5.74) is 0. The second-order valence-electron chi connectivity index (χ2n) is 3.65. The molecule has 0 aromatic carbocycles. The van der Waals surface area contributed by atoms with E-state index in [0.29, 0.717) is 6.10 Å². The monoisotopic (exact) mass is 195 g/mol. The van der Waals surface area contributed by atoms with E-state index < -0.39 is 0 Å². The van der Waals surface area contributed by atoms with E-state index in [1.807, 2.05) is 12.5 Å². The molecule has 1 saturated heterocycles. The maximum atomic E-state index is 5.69. The zero-order valence-electron chi connectivity index (χ0n) is 8.59. The van der Waals surface area contributed by atoms with Crippen LogP contribution in [0.2, 0.25) is 0 Å². The number of likely N-dealkylation sites (N-methyl/N-ethyl adjacent to an activating group) is 1. The fraction of sp³-hybridized carbons (Fsp3) is 0.700. The molecule has 1 aromatic rings. The Morgan fingerprint density at radius 2 is 2.50 bits per heavy atom. The van der Waals surface area contributed by atoms with Gasteiger partial charge in [-0.2, -0.15) is 0 Å². The summed E-state index contributed by atoms with van der Waals surface area (Å²) in [5, 5.41) is 0. The summed E-state index contributed by atoms with van der Waals surface area (Å²) >= 11 is 0. The molecule has 0 radical (unpaired) electrons. The van der Waals surface area contributed by atoms with E-state index in [1.54, 1.807) is 6.20 Å². The molecule has 0 aliphatic carbocycles. The molecule has 0 amide bonds. The molecule has 0 spiro atoms. The predicted octanol–water partition coefficient (Wildman–Crippen LogP) is 0.604. The number of morpholine rings is 1. The van der Waals surface area contributed by atoms with Gasteiger partial charge in [-0.1, -0.05) is 6.92 Å². The summed E-state index contributed by atoms with van der Waals surface area (Å²) in [6, 6.07) is 0. The molecule has 1 aliphatic heterocycles.